The molecular formula is C13H17N3O. The van der Waals surface area contributed by atoms with E-state index in [0.29, 0.717) is 5.92 Å². The second kappa shape index (κ2) is 3.85. The maximum absolute atomic E-state index is 9.33. The van der Waals surface area contributed by atoms with Crippen molar-refractivity contribution in [2.24, 2.45) is 7.05 Å². The molecule has 0 amide bonds. The monoisotopic (exact) mass is 231 g/mol. The van der Waals surface area contributed by atoms with Gasteiger partial charge in [-0.1, -0.05) is 0 Å². The van der Waals surface area contributed by atoms with E-state index in [1.165, 1.54) is 5.56 Å². The molecule has 0 spiro atoms. The third-order valence-corrected chi connectivity index (χ3v) is 3.94. The van der Waals surface area contributed by atoms with E-state index in [1.807, 2.05) is 17.9 Å². The highest BCUT2D eigenvalue weighted by atomic mass is 16.5. The molecular weight excluding hydrogens is 214 g/mol. The van der Waals surface area contributed by atoms with Gasteiger partial charge in [-0.2, -0.15) is 10.4 Å². The summed E-state index contributed by atoms with van der Waals surface area (Å²) in [7, 11) is 1.94. The quantitative estimate of drug-likeness (QED) is 0.780. The van der Waals surface area contributed by atoms with Crippen LogP contribution in [-0.4, -0.2) is 23.0 Å². The van der Waals surface area contributed by atoms with E-state index in [-0.39, 0.29) is 5.41 Å². The lowest BCUT2D eigenvalue weighted by Crippen LogP contribution is -2.17. The van der Waals surface area contributed by atoms with E-state index < -0.39 is 0 Å². The van der Waals surface area contributed by atoms with Gasteiger partial charge in [-0.05, 0) is 25.7 Å². The van der Waals surface area contributed by atoms with Gasteiger partial charge in [0, 0.05) is 37.9 Å². The molecule has 0 unspecified atom stereocenters. The van der Waals surface area contributed by atoms with Gasteiger partial charge in [0.15, 0.2) is 0 Å². The number of rotatable bonds is 2. The van der Waals surface area contributed by atoms with Crippen molar-refractivity contribution in [2.45, 2.75) is 37.0 Å². The molecule has 1 saturated heterocycles. The second-order valence-electron chi connectivity index (χ2n) is 5.18. The molecule has 1 aromatic heterocycles. The summed E-state index contributed by atoms with van der Waals surface area (Å²) in [6, 6.07) is 2.48. The molecule has 4 heteroatoms. The standard InChI is InChI=1S/C13H17N3O/c1-16-8-11(13(9-14)4-5-13)12(15-16)10-2-6-17-7-3-10/h8,10H,2-7H2,1H3. The molecule has 90 valence electrons. The molecule has 1 aliphatic heterocycles. The Kier molecular flexibility index (Phi) is 2.44. The van der Waals surface area contributed by atoms with Gasteiger partial charge in [0.05, 0.1) is 17.2 Å². The average molecular weight is 231 g/mol. The lowest BCUT2D eigenvalue weighted by Gasteiger charge is -2.22. The molecule has 1 aliphatic carbocycles. The van der Waals surface area contributed by atoms with Crippen LogP contribution in [0, 0.1) is 11.3 Å². The van der Waals surface area contributed by atoms with Gasteiger partial charge in [0.25, 0.3) is 0 Å². The Bertz CT molecular complexity index is 461. The first-order chi connectivity index (χ1) is 8.25. The lowest BCUT2D eigenvalue weighted by atomic mass is 9.88. The van der Waals surface area contributed by atoms with Crippen molar-refractivity contribution < 1.29 is 4.74 Å². The van der Waals surface area contributed by atoms with Crippen molar-refractivity contribution in [1.29, 1.82) is 5.26 Å². The molecule has 3 rings (SSSR count). The Morgan fingerprint density at radius 1 is 1.47 bits per heavy atom. The number of nitriles is 1. The van der Waals surface area contributed by atoms with Crippen LogP contribution in [0.3, 0.4) is 0 Å². The number of hydrogen-bond acceptors (Lipinski definition) is 3. The zero-order chi connectivity index (χ0) is 11.9. The van der Waals surface area contributed by atoms with Gasteiger partial charge in [0.1, 0.15) is 0 Å². The van der Waals surface area contributed by atoms with E-state index in [0.717, 1.165) is 44.6 Å². The molecule has 2 aliphatic rings. The van der Waals surface area contributed by atoms with Crippen LogP contribution in [0.1, 0.15) is 42.9 Å². The van der Waals surface area contributed by atoms with Crippen LogP contribution in [0.4, 0.5) is 0 Å². The van der Waals surface area contributed by atoms with E-state index in [4.69, 9.17) is 4.74 Å². The SMILES string of the molecule is Cn1cc(C2(C#N)CC2)c(C2CCOCC2)n1. The number of aryl methyl sites for hydroxylation is 1. The smallest absolute Gasteiger partial charge is 0.0857 e. The molecule has 4 nitrogen and oxygen atoms in total. The summed E-state index contributed by atoms with van der Waals surface area (Å²) >= 11 is 0. The Morgan fingerprint density at radius 3 is 2.76 bits per heavy atom. The minimum Gasteiger partial charge on any atom is -0.381 e. The summed E-state index contributed by atoms with van der Waals surface area (Å²) in [5.74, 6) is 0.478. The van der Waals surface area contributed by atoms with Gasteiger partial charge in [-0.15, -0.1) is 0 Å². The van der Waals surface area contributed by atoms with Crippen molar-refractivity contribution in [3.63, 3.8) is 0 Å². The lowest BCUT2D eigenvalue weighted by molar-refractivity contribution is 0.0841. The molecule has 0 radical (unpaired) electrons. The van der Waals surface area contributed by atoms with Crippen LogP contribution in [0.15, 0.2) is 6.20 Å². The Morgan fingerprint density at radius 2 is 2.18 bits per heavy atom. The molecule has 17 heavy (non-hydrogen) atoms. The van der Waals surface area contributed by atoms with Gasteiger partial charge in [0.2, 0.25) is 0 Å². The zero-order valence-electron chi connectivity index (χ0n) is 10.1. The van der Waals surface area contributed by atoms with Crippen LogP contribution in [0.25, 0.3) is 0 Å². The van der Waals surface area contributed by atoms with Crippen molar-refractivity contribution in [2.75, 3.05) is 13.2 Å². The molecule has 1 aromatic rings. The largest absolute Gasteiger partial charge is 0.381 e. The van der Waals surface area contributed by atoms with Crippen molar-refractivity contribution in [1.82, 2.24) is 9.78 Å². The number of hydrogen-bond donors (Lipinski definition) is 0. The molecule has 0 N–H and O–H groups in total. The summed E-state index contributed by atoms with van der Waals surface area (Å²) in [6.07, 6.45) is 6.09. The fourth-order valence-corrected chi connectivity index (χ4v) is 2.71. The molecule has 0 atom stereocenters. The highest BCUT2D eigenvalue weighted by molar-refractivity contribution is 5.42. The second-order valence-corrected chi connectivity index (χ2v) is 5.18. The third kappa shape index (κ3) is 1.75. The normalized spacial score (nSPS) is 23.3. The van der Waals surface area contributed by atoms with E-state index >= 15 is 0 Å². The van der Waals surface area contributed by atoms with Crippen molar-refractivity contribution in [3.05, 3.63) is 17.5 Å². The Hall–Kier alpha value is -1.34. The van der Waals surface area contributed by atoms with Crippen LogP contribution < -0.4 is 0 Å². The average Bonchev–Trinajstić information content (AvgIpc) is 3.07. The molecule has 2 fully saturated rings. The highest BCUT2D eigenvalue weighted by Gasteiger charge is 2.48. The number of nitrogens with zero attached hydrogens (tertiary/aromatic N) is 3. The van der Waals surface area contributed by atoms with Crippen molar-refractivity contribution >= 4 is 0 Å². The highest BCUT2D eigenvalue weighted by Crippen LogP contribution is 2.50. The summed E-state index contributed by atoms with van der Waals surface area (Å²) in [4.78, 5) is 0. The van der Waals surface area contributed by atoms with Gasteiger partial charge in [-0.3, -0.25) is 4.68 Å². The summed E-state index contributed by atoms with van der Waals surface area (Å²) in [5, 5.41) is 13.9. The fraction of sp³-hybridized carbons (Fsp3) is 0.692. The predicted molar refractivity (Wildman–Crippen MR) is 62.5 cm³/mol. The fourth-order valence-electron chi connectivity index (χ4n) is 2.71. The first-order valence-electron chi connectivity index (χ1n) is 6.28. The molecule has 1 saturated carbocycles. The third-order valence-electron chi connectivity index (χ3n) is 3.94. The topological polar surface area (TPSA) is 50.8 Å². The van der Waals surface area contributed by atoms with Crippen LogP contribution in [-0.2, 0) is 17.2 Å². The van der Waals surface area contributed by atoms with Gasteiger partial charge < -0.3 is 4.74 Å². The van der Waals surface area contributed by atoms with E-state index in [1.54, 1.807) is 0 Å². The summed E-state index contributed by atoms with van der Waals surface area (Å²) in [5.41, 5.74) is 2.10. The van der Waals surface area contributed by atoms with Crippen LogP contribution in [0.2, 0.25) is 0 Å². The summed E-state index contributed by atoms with van der Waals surface area (Å²) < 4.78 is 7.25. The minimum absolute atomic E-state index is 0.220. The molecule has 2 heterocycles. The first kappa shape index (κ1) is 10.8. The Labute approximate surface area is 101 Å². The Balaban J connectivity index is 1.96. The van der Waals surface area contributed by atoms with Gasteiger partial charge in [-0.25, -0.2) is 0 Å². The predicted octanol–water partition coefficient (Wildman–Crippen LogP) is 1.87. The number of aromatic nitrogens is 2. The van der Waals surface area contributed by atoms with Crippen molar-refractivity contribution in [3.8, 4) is 6.07 Å². The maximum atomic E-state index is 9.33. The first-order valence-corrected chi connectivity index (χ1v) is 6.28. The maximum Gasteiger partial charge on any atom is 0.0857 e. The van der Waals surface area contributed by atoms with E-state index in [9.17, 15) is 5.26 Å². The zero-order valence-corrected chi connectivity index (χ0v) is 10.1. The van der Waals surface area contributed by atoms with Crippen LogP contribution >= 0.6 is 0 Å². The summed E-state index contributed by atoms with van der Waals surface area (Å²) in [6.45, 7) is 1.64. The van der Waals surface area contributed by atoms with Gasteiger partial charge >= 0.3 is 0 Å². The number of ether oxygens (including phenoxy) is 1. The molecule has 0 aromatic carbocycles. The van der Waals surface area contributed by atoms with E-state index in [2.05, 4.69) is 11.2 Å². The van der Waals surface area contributed by atoms with Crippen LogP contribution in [0.5, 0.6) is 0 Å². The minimum atomic E-state index is -0.220. The molecule has 0 bridgehead atoms.